The van der Waals surface area contributed by atoms with Gasteiger partial charge in [0.25, 0.3) is 0 Å². The molecular weight excluding hydrogens is 363 g/mol. The van der Waals surface area contributed by atoms with Crippen molar-refractivity contribution in [3.63, 3.8) is 0 Å². The molecule has 0 atom stereocenters. The highest BCUT2D eigenvalue weighted by molar-refractivity contribution is 6.35. The standard InChI is InChI=1S/C19H26Cl2O4/c1-2-3-4-5-6-7-12-24-18(22)10-11-19(23)25-14-15-8-9-16(20)13-17(15)21/h8-9,13H,2-7,10-12,14H2,1H3. The smallest absolute Gasteiger partial charge is 0.306 e. The van der Waals surface area contributed by atoms with E-state index in [1.54, 1.807) is 18.2 Å². The van der Waals surface area contributed by atoms with Crippen LogP contribution in [0.3, 0.4) is 0 Å². The summed E-state index contributed by atoms with van der Waals surface area (Å²) in [4.78, 5) is 23.3. The van der Waals surface area contributed by atoms with E-state index in [2.05, 4.69) is 6.92 Å². The number of hydrogen-bond acceptors (Lipinski definition) is 4. The van der Waals surface area contributed by atoms with Crippen LogP contribution in [0.5, 0.6) is 0 Å². The summed E-state index contributed by atoms with van der Waals surface area (Å²) in [5.41, 5.74) is 0.671. The van der Waals surface area contributed by atoms with Crippen LogP contribution in [0.1, 0.15) is 63.9 Å². The lowest BCUT2D eigenvalue weighted by atomic mass is 10.1. The fourth-order valence-electron chi connectivity index (χ4n) is 2.21. The van der Waals surface area contributed by atoms with Gasteiger partial charge in [-0.15, -0.1) is 0 Å². The molecule has 0 aliphatic carbocycles. The molecule has 140 valence electrons. The summed E-state index contributed by atoms with van der Waals surface area (Å²) in [6, 6.07) is 4.97. The van der Waals surface area contributed by atoms with Crippen molar-refractivity contribution in [1.29, 1.82) is 0 Å². The molecule has 0 N–H and O–H groups in total. The van der Waals surface area contributed by atoms with E-state index >= 15 is 0 Å². The van der Waals surface area contributed by atoms with Gasteiger partial charge in [-0.25, -0.2) is 0 Å². The number of halogens is 2. The van der Waals surface area contributed by atoms with E-state index in [1.165, 1.54) is 25.7 Å². The van der Waals surface area contributed by atoms with Crippen LogP contribution in [-0.2, 0) is 25.7 Å². The molecule has 0 unspecified atom stereocenters. The minimum atomic E-state index is -0.456. The van der Waals surface area contributed by atoms with E-state index in [0.29, 0.717) is 22.2 Å². The molecule has 0 aromatic heterocycles. The van der Waals surface area contributed by atoms with Crippen molar-refractivity contribution in [3.8, 4) is 0 Å². The first kappa shape index (κ1) is 21.8. The van der Waals surface area contributed by atoms with Gasteiger partial charge >= 0.3 is 11.9 Å². The van der Waals surface area contributed by atoms with Crippen LogP contribution in [0.4, 0.5) is 0 Å². The van der Waals surface area contributed by atoms with Crippen molar-refractivity contribution in [2.45, 2.75) is 64.9 Å². The Labute approximate surface area is 159 Å². The van der Waals surface area contributed by atoms with Gasteiger partial charge in [-0.1, -0.05) is 68.3 Å². The highest BCUT2D eigenvalue weighted by atomic mass is 35.5. The predicted molar refractivity (Wildman–Crippen MR) is 99.8 cm³/mol. The van der Waals surface area contributed by atoms with Gasteiger partial charge in [0.1, 0.15) is 6.61 Å². The van der Waals surface area contributed by atoms with Crippen molar-refractivity contribution in [2.24, 2.45) is 0 Å². The topological polar surface area (TPSA) is 52.6 Å². The maximum Gasteiger partial charge on any atom is 0.306 e. The molecule has 0 aliphatic rings. The van der Waals surface area contributed by atoms with Crippen molar-refractivity contribution >= 4 is 35.1 Å². The number of esters is 2. The fraction of sp³-hybridized carbons (Fsp3) is 0.579. The Bertz CT molecular complexity index is 546. The predicted octanol–water partition coefficient (Wildman–Crippen LogP) is 5.72. The molecule has 0 radical (unpaired) electrons. The molecule has 0 aliphatic heterocycles. The lowest BCUT2D eigenvalue weighted by Crippen LogP contribution is -2.11. The van der Waals surface area contributed by atoms with Crippen LogP contribution in [-0.4, -0.2) is 18.5 Å². The number of carbonyl (C=O) groups excluding carboxylic acids is 2. The second-order valence-corrected chi connectivity index (χ2v) is 6.73. The quantitative estimate of drug-likeness (QED) is 0.339. The average Bonchev–Trinajstić information content (AvgIpc) is 2.58. The summed E-state index contributed by atoms with van der Waals surface area (Å²) >= 11 is 11.8. The normalized spacial score (nSPS) is 10.5. The van der Waals surface area contributed by atoms with Crippen LogP contribution in [0.15, 0.2) is 18.2 Å². The molecule has 1 rings (SSSR count). The van der Waals surface area contributed by atoms with Crippen LogP contribution >= 0.6 is 23.2 Å². The minimum absolute atomic E-state index is 0.000538. The zero-order valence-corrected chi connectivity index (χ0v) is 16.2. The summed E-state index contributed by atoms with van der Waals surface area (Å²) in [5, 5.41) is 0.965. The molecule has 0 fully saturated rings. The van der Waals surface area contributed by atoms with Gasteiger partial charge in [-0.05, 0) is 18.6 Å². The van der Waals surface area contributed by atoms with Crippen molar-refractivity contribution in [1.82, 2.24) is 0 Å². The summed E-state index contributed by atoms with van der Waals surface area (Å²) in [5.74, 6) is -0.822. The SMILES string of the molecule is CCCCCCCCOC(=O)CCC(=O)OCc1ccc(Cl)cc1Cl. The van der Waals surface area contributed by atoms with Crippen LogP contribution in [0, 0.1) is 0 Å². The average molecular weight is 389 g/mol. The lowest BCUT2D eigenvalue weighted by Gasteiger charge is -2.07. The summed E-state index contributed by atoms with van der Waals surface area (Å²) in [6.45, 7) is 2.65. The highest BCUT2D eigenvalue weighted by Crippen LogP contribution is 2.21. The number of rotatable bonds is 12. The van der Waals surface area contributed by atoms with Crippen molar-refractivity contribution in [3.05, 3.63) is 33.8 Å². The highest BCUT2D eigenvalue weighted by Gasteiger charge is 2.10. The molecule has 6 heteroatoms. The van der Waals surface area contributed by atoms with Gasteiger partial charge in [0.05, 0.1) is 19.4 Å². The zero-order chi connectivity index (χ0) is 18.5. The van der Waals surface area contributed by atoms with Crippen molar-refractivity contribution < 1.29 is 19.1 Å². The van der Waals surface area contributed by atoms with E-state index in [1.807, 2.05) is 0 Å². The Hall–Kier alpha value is -1.26. The summed E-state index contributed by atoms with van der Waals surface area (Å²) in [6.07, 6.45) is 6.84. The van der Waals surface area contributed by atoms with Gasteiger partial charge in [0, 0.05) is 15.6 Å². The number of carbonyl (C=O) groups is 2. The van der Waals surface area contributed by atoms with Crippen LogP contribution in [0.2, 0.25) is 10.0 Å². The minimum Gasteiger partial charge on any atom is -0.466 e. The molecule has 4 nitrogen and oxygen atoms in total. The van der Waals surface area contributed by atoms with Crippen LogP contribution in [0.25, 0.3) is 0 Å². The number of benzene rings is 1. The lowest BCUT2D eigenvalue weighted by molar-refractivity contribution is -0.151. The first-order valence-electron chi connectivity index (χ1n) is 8.78. The molecule has 0 spiro atoms. The van der Waals surface area contributed by atoms with E-state index in [-0.39, 0.29) is 25.4 Å². The van der Waals surface area contributed by atoms with E-state index < -0.39 is 5.97 Å². The second-order valence-electron chi connectivity index (χ2n) is 5.88. The zero-order valence-electron chi connectivity index (χ0n) is 14.7. The Morgan fingerprint density at radius 1 is 0.920 bits per heavy atom. The molecule has 1 aromatic carbocycles. The molecule has 1 aromatic rings. The van der Waals surface area contributed by atoms with E-state index in [0.717, 1.165) is 12.8 Å². The summed E-state index contributed by atoms with van der Waals surface area (Å²) < 4.78 is 10.2. The second kappa shape index (κ2) is 13.0. The third kappa shape index (κ3) is 10.4. The molecule has 0 saturated heterocycles. The van der Waals surface area contributed by atoms with Crippen molar-refractivity contribution in [2.75, 3.05) is 6.61 Å². The molecule has 0 amide bonds. The van der Waals surface area contributed by atoms with Gasteiger partial charge in [0.2, 0.25) is 0 Å². The maximum atomic E-state index is 11.7. The molecule has 0 bridgehead atoms. The number of ether oxygens (including phenoxy) is 2. The van der Waals surface area contributed by atoms with Crippen LogP contribution < -0.4 is 0 Å². The summed E-state index contributed by atoms with van der Waals surface area (Å²) in [7, 11) is 0. The molecule has 0 heterocycles. The third-order valence-corrected chi connectivity index (χ3v) is 4.28. The molecule has 0 saturated carbocycles. The Morgan fingerprint density at radius 3 is 2.24 bits per heavy atom. The van der Waals surface area contributed by atoms with Gasteiger partial charge in [0.15, 0.2) is 0 Å². The number of hydrogen-bond donors (Lipinski definition) is 0. The monoisotopic (exact) mass is 388 g/mol. The Kier molecular flexibility index (Phi) is 11.3. The Balaban J connectivity index is 2.09. The number of unbranched alkanes of at least 4 members (excludes halogenated alkanes) is 5. The third-order valence-electron chi connectivity index (χ3n) is 3.70. The molecular formula is C19H26Cl2O4. The first-order valence-corrected chi connectivity index (χ1v) is 9.53. The molecule has 25 heavy (non-hydrogen) atoms. The maximum absolute atomic E-state index is 11.7. The largest absolute Gasteiger partial charge is 0.466 e. The van der Waals surface area contributed by atoms with Gasteiger partial charge in [-0.3, -0.25) is 9.59 Å². The fourth-order valence-corrected chi connectivity index (χ4v) is 2.68. The van der Waals surface area contributed by atoms with Gasteiger partial charge in [-0.2, -0.15) is 0 Å². The van der Waals surface area contributed by atoms with E-state index in [9.17, 15) is 9.59 Å². The van der Waals surface area contributed by atoms with Gasteiger partial charge < -0.3 is 9.47 Å². The van der Waals surface area contributed by atoms with E-state index in [4.69, 9.17) is 32.7 Å². The first-order chi connectivity index (χ1) is 12.0. The Morgan fingerprint density at radius 2 is 1.56 bits per heavy atom.